The van der Waals surface area contributed by atoms with E-state index >= 15 is 0 Å². The molecular weight excluding hydrogens is 338 g/mol. The molecule has 4 heteroatoms. The highest BCUT2D eigenvalue weighted by Crippen LogP contribution is 2.27. The fraction of sp³-hybridized carbons (Fsp3) is 0.130. The van der Waals surface area contributed by atoms with E-state index in [0.29, 0.717) is 11.3 Å². The minimum absolute atomic E-state index is 0.0469. The van der Waals surface area contributed by atoms with Crippen LogP contribution < -0.4 is 10.1 Å². The van der Waals surface area contributed by atoms with E-state index in [1.54, 1.807) is 31.2 Å². The second kappa shape index (κ2) is 8.32. The Morgan fingerprint density at radius 2 is 1.59 bits per heavy atom. The molecular formula is C23H21NO3. The fourth-order valence-electron chi connectivity index (χ4n) is 2.74. The predicted molar refractivity (Wildman–Crippen MR) is 107 cm³/mol. The number of hydrogen-bond donors (Lipinski definition) is 1. The highest BCUT2D eigenvalue weighted by molar-refractivity contribution is 5.98. The number of carbonyl (C=O) groups is 2. The topological polar surface area (TPSA) is 55.4 Å². The van der Waals surface area contributed by atoms with Crippen molar-refractivity contribution in [1.82, 2.24) is 0 Å². The van der Waals surface area contributed by atoms with Crippen LogP contribution in [0.15, 0.2) is 78.9 Å². The number of amides is 1. The zero-order chi connectivity index (χ0) is 19.2. The SMILES string of the molecule is CC(=O)c1cccc(O[C@@H](C)C(=O)Nc2ccccc2-c2ccccc2)c1. The van der Waals surface area contributed by atoms with Crippen molar-refractivity contribution in [3.05, 3.63) is 84.4 Å². The van der Waals surface area contributed by atoms with Crippen LogP contribution in [0.2, 0.25) is 0 Å². The van der Waals surface area contributed by atoms with Gasteiger partial charge in [-0.3, -0.25) is 9.59 Å². The number of ketones is 1. The lowest BCUT2D eigenvalue weighted by Gasteiger charge is -2.17. The molecule has 1 amide bonds. The molecule has 0 spiro atoms. The molecule has 3 aromatic rings. The number of para-hydroxylation sites is 1. The lowest BCUT2D eigenvalue weighted by Crippen LogP contribution is -2.30. The molecule has 136 valence electrons. The Bertz CT molecular complexity index is 951. The molecule has 0 heterocycles. The molecule has 0 aliphatic rings. The summed E-state index contributed by atoms with van der Waals surface area (Å²) in [7, 11) is 0. The maximum atomic E-state index is 12.6. The van der Waals surface area contributed by atoms with E-state index in [-0.39, 0.29) is 11.7 Å². The average Bonchev–Trinajstić information content (AvgIpc) is 2.69. The summed E-state index contributed by atoms with van der Waals surface area (Å²) in [6.45, 7) is 3.18. The molecule has 4 nitrogen and oxygen atoms in total. The van der Waals surface area contributed by atoms with Crippen molar-refractivity contribution in [3.63, 3.8) is 0 Å². The number of carbonyl (C=O) groups excluding carboxylic acids is 2. The third kappa shape index (κ3) is 4.61. The van der Waals surface area contributed by atoms with E-state index in [0.717, 1.165) is 16.8 Å². The largest absolute Gasteiger partial charge is 0.481 e. The molecule has 0 fully saturated rings. The van der Waals surface area contributed by atoms with Gasteiger partial charge in [0.2, 0.25) is 0 Å². The van der Waals surface area contributed by atoms with Crippen molar-refractivity contribution >= 4 is 17.4 Å². The maximum Gasteiger partial charge on any atom is 0.265 e. The first-order chi connectivity index (χ1) is 13.0. The van der Waals surface area contributed by atoms with Gasteiger partial charge in [0.25, 0.3) is 5.91 Å². The Balaban J connectivity index is 1.74. The van der Waals surface area contributed by atoms with Gasteiger partial charge in [0, 0.05) is 16.8 Å². The molecule has 1 N–H and O–H groups in total. The highest BCUT2D eigenvalue weighted by atomic mass is 16.5. The van der Waals surface area contributed by atoms with E-state index in [4.69, 9.17) is 4.74 Å². The van der Waals surface area contributed by atoms with E-state index < -0.39 is 6.10 Å². The minimum Gasteiger partial charge on any atom is -0.481 e. The number of ether oxygens (including phenoxy) is 1. The molecule has 0 aromatic heterocycles. The predicted octanol–water partition coefficient (Wildman–Crippen LogP) is 4.96. The van der Waals surface area contributed by atoms with Crippen molar-refractivity contribution in [3.8, 4) is 16.9 Å². The summed E-state index contributed by atoms with van der Waals surface area (Å²) in [6, 6.07) is 24.3. The summed E-state index contributed by atoms with van der Waals surface area (Å²) < 4.78 is 5.72. The van der Waals surface area contributed by atoms with Crippen LogP contribution in [0.1, 0.15) is 24.2 Å². The smallest absolute Gasteiger partial charge is 0.265 e. The second-order valence-corrected chi connectivity index (χ2v) is 6.24. The zero-order valence-electron chi connectivity index (χ0n) is 15.3. The van der Waals surface area contributed by atoms with Crippen LogP contribution in [0.4, 0.5) is 5.69 Å². The molecule has 0 aliphatic heterocycles. The summed E-state index contributed by atoms with van der Waals surface area (Å²) in [5, 5.41) is 2.94. The molecule has 0 radical (unpaired) electrons. The van der Waals surface area contributed by atoms with Crippen LogP contribution in [-0.2, 0) is 4.79 Å². The highest BCUT2D eigenvalue weighted by Gasteiger charge is 2.17. The normalized spacial score (nSPS) is 11.5. The summed E-state index contributed by atoms with van der Waals surface area (Å²) in [5.41, 5.74) is 3.24. The molecule has 3 aromatic carbocycles. The Hall–Kier alpha value is -3.40. The monoisotopic (exact) mass is 359 g/mol. The fourth-order valence-corrected chi connectivity index (χ4v) is 2.74. The standard InChI is InChI=1S/C23H21NO3/c1-16(25)19-11-8-12-20(15-19)27-17(2)23(26)24-22-14-7-6-13-21(22)18-9-4-3-5-10-18/h3-15,17H,1-2H3,(H,24,26)/t17-/m0/s1. The van der Waals surface area contributed by atoms with Gasteiger partial charge in [0.1, 0.15) is 5.75 Å². The third-order valence-corrected chi connectivity index (χ3v) is 4.19. The van der Waals surface area contributed by atoms with Crippen molar-refractivity contribution < 1.29 is 14.3 Å². The van der Waals surface area contributed by atoms with Crippen molar-refractivity contribution in [2.45, 2.75) is 20.0 Å². The lowest BCUT2D eigenvalue weighted by molar-refractivity contribution is -0.122. The summed E-state index contributed by atoms with van der Waals surface area (Å²) in [6.07, 6.45) is -0.712. The van der Waals surface area contributed by atoms with Gasteiger partial charge in [-0.2, -0.15) is 0 Å². The van der Waals surface area contributed by atoms with E-state index in [1.165, 1.54) is 6.92 Å². The third-order valence-electron chi connectivity index (χ3n) is 4.19. The van der Waals surface area contributed by atoms with Crippen LogP contribution in [0.25, 0.3) is 11.1 Å². The van der Waals surface area contributed by atoms with Gasteiger partial charge in [-0.25, -0.2) is 0 Å². The van der Waals surface area contributed by atoms with Crippen LogP contribution >= 0.6 is 0 Å². The van der Waals surface area contributed by atoms with E-state index in [2.05, 4.69) is 5.32 Å². The molecule has 0 aliphatic carbocycles. The van der Waals surface area contributed by atoms with Crippen LogP contribution in [0, 0.1) is 0 Å². The number of benzene rings is 3. The van der Waals surface area contributed by atoms with Crippen molar-refractivity contribution in [1.29, 1.82) is 0 Å². The summed E-state index contributed by atoms with van der Waals surface area (Å²) in [4.78, 5) is 24.1. The molecule has 3 rings (SSSR count). The molecule has 0 bridgehead atoms. The Kier molecular flexibility index (Phi) is 5.67. The Labute approximate surface area is 158 Å². The number of anilines is 1. The first-order valence-electron chi connectivity index (χ1n) is 8.77. The molecule has 0 unspecified atom stereocenters. The van der Waals surface area contributed by atoms with Crippen LogP contribution in [-0.4, -0.2) is 17.8 Å². The van der Waals surface area contributed by atoms with Gasteiger partial charge in [-0.05, 0) is 37.6 Å². The van der Waals surface area contributed by atoms with Crippen molar-refractivity contribution in [2.24, 2.45) is 0 Å². The number of nitrogens with one attached hydrogen (secondary N) is 1. The van der Waals surface area contributed by atoms with Crippen LogP contribution in [0.5, 0.6) is 5.75 Å². The van der Waals surface area contributed by atoms with Crippen LogP contribution in [0.3, 0.4) is 0 Å². The number of rotatable bonds is 6. The van der Waals surface area contributed by atoms with Gasteiger partial charge >= 0.3 is 0 Å². The number of hydrogen-bond acceptors (Lipinski definition) is 3. The first-order valence-corrected chi connectivity index (χ1v) is 8.77. The molecule has 0 saturated heterocycles. The zero-order valence-corrected chi connectivity index (χ0v) is 15.3. The molecule has 1 atom stereocenters. The maximum absolute atomic E-state index is 12.6. The van der Waals surface area contributed by atoms with E-state index in [9.17, 15) is 9.59 Å². The summed E-state index contributed by atoms with van der Waals surface area (Å²) in [5.74, 6) is 0.183. The first kappa shape index (κ1) is 18.4. The molecule has 27 heavy (non-hydrogen) atoms. The summed E-state index contributed by atoms with van der Waals surface area (Å²) >= 11 is 0. The van der Waals surface area contributed by atoms with Gasteiger partial charge < -0.3 is 10.1 Å². The quantitative estimate of drug-likeness (QED) is 0.633. The number of Topliss-reactive ketones (excluding diaryl/α,β-unsaturated/α-hetero) is 1. The lowest BCUT2D eigenvalue weighted by atomic mass is 10.0. The molecule has 0 saturated carbocycles. The van der Waals surface area contributed by atoms with E-state index in [1.807, 2.05) is 54.6 Å². The Morgan fingerprint density at radius 3 is 2.33 bits per heavy atom. The van der Waals surface area contributed by atoms with Gasteiger partial charge in [-0.1, -0.05) is 60.7 Å². The van der Waals surface area contributed by atoms with Gasteiger partial charge in [0.15, 0.2) is 11.9 Å². The average molecular weight is 359 g/mol. The van der Waals surface area contributed by atoms with Gasteiger partial charge in [-0.15, -0.1) is 0 Å². The van der Waals surface area contributed by atoms with Crippen molar-refractivity contribution in [2.75, 3.05) is 5.32 Å². The Morgan fingerprint density at radius 1 is 0.889 bits per heavy atom. The van der Waals surface area contributed by atoms with Gasteiger partial charge in [0.05, 0.1) is 0 Å². The minimum atomic E-state index is -0.712. The second-order valence-electron chi connectivity index (χ2n) is 6.24.